The first-order valence-electron chi connectivity index (χ1n) is 27.4. The molecule has 62 heavy (non-hydrogen) atoms. The molecule has 0 spiro atoms. The molecule has 5 aliphatic rings. The van der Waals surface area contributed by atoms with Crippen LogP contribution in [0.2, 0.25) is 0 Å². The molecule has 2 N–H and O–H groups in total. The summed E-state index contributed by atoms with van der Waals surface area (Å²) < 4.78 is 19.5. The van der Waals surface area contributed by atoms with Crippen molar-refractivity contribution in [2.75, 3.05) is 46.1 Å². The lowest BCUT2D eigenvalue weighted by atomic mass is 9.44. The third-order valence-corrected chi connectivity index (χ3v) is 17.6. The molecular weight excluding hydrogens is 761 g/mol. The van der Waals surface area contributed by atoms with Gasteiger partial charge in [-0.1, -0.05) is 155 Å². The number of nitrogens with zero attached hydrogens (tertiary/aromatic N) is 1. The molecule has 1 saturated heterocycles. The molecule has 4 aliphatic carbocycles. The first-order valence-corrected chi connectivity index (χ1v) is 27.4. The molecule has 5 rings (SSSR count). The van der Waals surface area contributed by atoms with Gasteiger partial charge in [0.05, 0.1) is 32.0 Å². The van der Waals surface area contributed by atoms with Crippen molar-refractivity contribution in [1.29, 1.82) is 0 Å². The van der Waals surface area contributed by atoms with Crippen LogP contribution in [0.25, 0.3) is 0 Å². The molecule has 9 unspecified atom stereocenters. The van der Waals surface area contributed by atoms with E-state index >= 15 is 0 Å². The third-order valence-electron chi connectivity index (χ3n) is 17.6. The fraction of sp³-hybridized carbons (Fsp3) is 0.895. The van der Waals surface area contributed by atoms with Crippen LogP contribution in [0.15, 0.2) is 36.0 Å². The predicted octanol–water partition coefficient (Wildman–Crippen LogP) is 15.0. The van der Waals surface area contributed by atoms with E-state index in [0.29, 0.717) is 31.8 Å². The minimum atomic E-state index is -0.0143. The van der Waals surface area contributed by atoms with E-state index in [2.05, 4.69) is 76.8 Å². The highest BCUT2D eigenvalue weighted by atomic mass is 16.6. The quantitative estimate of drug-likeness (QED) is 0.0556. The second-order valence-corrected chi connectivity index (χ2v) is 22.5. The third kappa shape index (κ3) is 15.3. The van der Waals surface area contributed by atoms with Crippen molar-refractivity contribution >= 4 is 0 Å². The first-order chi connectivity index (χ1) is 30.1. The van der Waals surface area contributed by atoms with Gasteiger partial charge in [0, 0.05) is 18.7 Å². The first kappa shape index (κ1) is 52.0. The zero-order valence-corrected chi connectivity index (χ0v) is 41.9. The van der Waals surface area contributed by atoms with Gasteiger partial charge in [0.25, 0.3) is 0 Å². The molecule has 5 nitrogen and oxygen atoms in total. The SMILES string of the molecule is CCCCCC=CCC=CCCCCCCCCCCOCC(CN1CCCCC1)OCCOC1CCC2(C)C(=CCC3C2CCC2(C)C(C(C)CCCC(C)C)CCC32N)C1. The molecule has 0 aromatic heterocycles. The van der Waals surface area contributed by atoms with Gasteiger partial charge in [-0.05, 0) is 156 Å². The van der Waals surface area contributed by atoms with Crippen molar-refractivity contribution in [2.45, 2.75) is 239 Å². The highest BCUT2D eigenvalue weighted by Gasteiger charge is 2.65. The topological polar surface area (TPSA) is 57.0 Å². The lowest BCUT2D eigenvalue weighted by molar-refractivity contribution is -0.0873. The molecule has 0 aromatic carbocycles. The molecule has 1 heterocycles. The normalized spacial score (nSPS) is 31.4. The van der Waals surface area contributed by atoms with Gasteiger partial charge in [-0.15, -0.1) is 0 Å². The zero-order chi connectivity index (χ0) is 44.1. The summed E-state index contributed by atoms with van der Waals surface area (Å²) in [5.41, 5.74) is 9.99. The Balaban J connectivity index is 0.953. The van der Waals surface area contributed by atoms with Gasteiger partial charge in [0.2, 0.25) is 0 Å². The van der Waals surface area contributed by atoms with Crippen molar-refractivity contribution < 1.29 is 14.2 Å². The molecular formula is C57H102N2O3. The molecule has 5 heteroatoms. The van der Waals surface area contributed by atoms with Crippen LogP contribution in [-0.4, -0.2) is 68.7 Å². The van der Waals surface area contributed by atoms with Crippen molar-refractivity contribution in [3.8, 4) is 0 Å². The fourth-order valence-electron chi connectivity index (χ4n) is 13.6. The Morgan fingerprint density at radius 3 is 2.18 bits per heavy atom. The summed E-state index contributed by atoms with van der Waals surface area (Å²) in [4.78, 5) is 2.60. The van der Waals surface area contributed by atoms with Gasteiger partial charge in [-0.25, -0.2) is 0 Å². The van der Waals surface area contributed by atoms with Gasteiger partial charge in [0.1, 0.15) is 0 Å². The summed E-state index contributed by atoms with van der Waals surface area (Å²) in [5.74, 6) is 3.73. The standard InChI is InChI=1S/C57H102N2O3/c1-7-8-9-10-11-12-13-14-15-16-17-18-19-20-21-22-23-27-41-60-46-51(45-59-39-25-24-26-40-59)62-43-42-61-50-33-36-55(5)49(44-50)31-32-54-53(55)34-37-56(6)52(35-38-57(54,56)58)48(4)30-28-29-47(2)3/h11-12,14-15,31,47-48,50-54H,7-10,13,16-30,32-46,58H2,1-6H3. The number of rotatable bonds is 31. The Hall–Kier alpha value is -0.980. The van der Waals surface area contributed by atoms with Crippen LogP contribution < -0.4 is 5.73 Å². The lowest BCUT2D eigenvalue weighted by Gasteiger charge is -2.62. The number of ether oxygens (including phenoxy) is 3. The van der Waals surface area contributed by atoms with E-state index in [4.69, 9.17) is 19.9 Å². The Kier molecular flexibility index (Phi) is 23.2. The second-order valence-electron chi connectivity index (χ2n) is 22.5. The van der Waals surface area contributed by atoms with Crippen LogP contribution in [0.1, 0.15) is 221 Å². The Morgan fingerprint density at radius 1 is 0.742 bits per heavy atom. The van der Waals surface area contributed by atoms with Gasteiger partial charge < -0.3 is 24.8 Å². The summed E-state index contributed by atoms with van der Waals surface area (Å²) >= 11 is 0. The van der Waals surface area contributed by atoms with Crippen LogP contribution in [0.5, 0.6) is 0 Å². The summed E-state index contributed by atoms with van der Waals surface area (Å²) in [6.07, 6.45) is 48.8. The Morgan fingerprint density at radius 2 is 1.45 bits per heavy atom. The van der Waals surface area contributed by atoms with Gasteiger partial charge >= 0.3 is 0 Å². The molecule has 1 aliphatic heterocycles. The van der Waals surface area contributed by atoms with Crippen molar-refractivity contribution in [3.63, 3.8) is 0 Å². The minimum Gasteiger partial charge on any atom is -0.379 e. The molecule has 0 aromatic rings. The average Bonchev–Trinajstić information content (AvgIpc) is 3.55. The number of unbranched alkanes of at least 4 members (excludes halogenated alkanes) is 11. The summed E-state index contributed by atoms with van der Waals surface area (Å²) in [7, 11) is 0. The fourth-order valence-corrected chi connectivity index (χ4v) is 13.6. The molecule has 0 radical (unpaired) electrons. The molecule has 3 saturated carbocycles. The average molecular weight is 863 g/mol. The lowest BCUT2D eigenvalue weighted by Crippen LogP contribution is -2.65. The van der Waals surface area contributed by atoms with E-state index in [-0.39, 0.29) is 22.5 Å². The molecule has 358 valence electrons. The van der Waals surface area contributed by atoms with Crippen LogP contribution in [-0.2, 0) is 14.2 Å². The van der Waals surface area contributed by atoms with E-state index in [1.54, 1.807) is 5.57 Å². The highest BCUT2D eigenvalue weighted by Crippen LogP contribution is 2.68. The Bertz CT molecular complexity index is 1300. The molecule has 0 amide bonds. The number of nitrogens with two attached hydrogens (primary N) is 1. The predicted molar refractivity (Wildman–Crippen MR) is 266 cm³/mol. The second kappa shape index (κ2) is 27.6. The summed E-state index contributed by atoms with van der Waals surface area (Å²) in [6, 6.07) is 0. The zero-order valence-electron chi connectivity index (χ0n) is 41.9. The van der Waals surface area contributed by atoms with Crippen molar-refractivity contribution in [2.24, 2.45) is 46.2 Å². The van der Waals surface area contributed by atoms with E-state index < -0.39 is 0 Å². The number of hydrogen-bond acceptors (Lipinski definition) is 5. The molecule has 9 atom stereocenters. The largest absolute Gasteiger partial charge is 0.379 e. The van der Waals surface area contributed by atoms with Crippen LogP contribution >= 0.6 is 0 Å². The van der Waals surface area contributed by atoms with E-state index in [1.807, 2.05) is 0 Å². The maximum absolute atomic E-state index is 7.75. The van der Waals surface area contributed by atoms with Crippen LogP contribution in [0.4, 0.5) is 0 Å². The van der Waals surface area contributed by atoms with Gasteiger partial charge in [0.15, 0.2) is 0 Å². The van der Waals surface area contributed by atoms with E-state index in [9.17, 15) is 0 Å². The maximum Gasteiger partial charge on any atom is 0.0936 e. The summed E-state index contributed by atoms with van der Waals surface area (Å²) in [6.45, 7) is 21.1. The van der Waals surface area contributed by atoms with Gasteiger partial charge in [-0.2, -0.15) is 0 Å². The maximum atomic E-state index is 7.75. The number of allylic oxidation sites excluding steroid dienone is 5. The highest BCUT2D eigenvalue weighted by molar-refractivity contribution is 5.29. The van der Waals surface area contributed by atoms with E-state index in [1.165, 1.54) is 174 Å². The van der Waals surface area contributed by atoms with Gasteiger partial charge in [-0.3, -0.25) is 0 Å². The van der Waals surface area contributed by atoms with Crippen molar-refractivity contribution in [3.05, 3.63) is 36.0 Å². The van der Waals surface area contributed by atoms with Crippen LogP contribution in [0.3, 0.4) is 0 Å². The number of piperidine rings is 1. The summed E-state index contributed by atoms with van der Waals surface area (Å²) in [5, 5.41) is 0. The smallest absolute Gasteiger partial charge is 0.0936 e. The number of hydrogen-bond donors (Lipinski definition) is 1. The Labute approximate surface area is 385 Å². The molecule has 0 bridgehead atoms. The van der Waals surface area contributed by atoms with Crippen LogP contribution in [0, 0.1) is 40.4 Å². The minimum absolute atomic E-state index is 0.0143. The molecule has 4 fully saturated rings. The van der Waals surface area contributed by atoms with E-state index in [0.717, 1.165) is 56.1 Å². The number of fused-ring (bicyclic) bond motifs is 5. The van der Waals surface area contributed by atoms with Crippen molar-refractivity contribution in [1.82, 2.24) is 4.90 Å². The monoisotopic (exact) mass is 863 g/mol. The number of likely N-dealkylation sites (tertiary alicyclic amines) is 1.